The fraction of sp³-hybridized carbons (Fsp3) is 1.00. The van der Waals surface area contributed by atoms with Crippen LogP contribution in [-0.4, -0.2) is 42.3 Å². The van der Waals surface area contributed by atoms with Crippen molar-refractivity contribution in [1.82, 2.24) is 0 Å². The number of aliphatic hydroxyl groups is 2. The summed E-state index contributed by atoms with van der Waals surface area (Å²) in [4.78, 5) is 0. The Balaban J connectivity index is 4.15. The van der Waals surface area contributed by atoms with Gasteiger partial charge < -0.3 is 10.2 Å². The summed E-state index contributed by atoms with van der Waals surface area (Å²) in [6.07, 6.45) is 0. The van der Waals surface area contributed by atoms with E-state index in [4.69, 9.17) is 10.2 Å². The van der Waals surface area contributed by atoms with Gasteiger partial charge in [0, 0.05) is 0 Å². The smallest absolute Gasteiger partial charge is 0.155 e. The molecule has 4 nitrogen and oxygen atoms in total. The molecule has 0 radical (unpaired) electrons. The van der Waals surface area contributed by atoms with Crippen LogP contribution in [-0.2, 0) is 9.84 Å². The highest BCUT2D eigenvalue weighted by molar-refractivity contribution is 7.91. The third-order valence-electron chi connectivity index (χ3n) is 0.975. The van der Waals surface area contributed by atoms with E-state index in [0.717, 1.165) is 0 Å². The molecule has 0 aliphatic carbocycles. The molecule has 5 heteroatoms. The van der Waals surface area contributed by atoms with Gasteiger partial charge in [-0.1, -0.05) is 0 Å². The molecule has 0 aliphatic rings. The van der Waals surface area contributed by atoms with Crippen molar-refractivity contribution in [2.24, 2.45) is 0 Å². The van der Waals surface area contributed by atoms with Gasteiger partial charge in [-0.3, -0.25) is 0 Å². The third kappa shape index (κ3) is 6.28. The number of hydrogen-bond acceptors (Lipinski definition) is 4. The van der Waals surface area contributed by atoms with Gasteiger partial charge in [-0.05, 0) is 13.8 Å². The van der Waals surface area contributed by atoms with Crippen LogP contribution in [0.1, 0.15) is 13.8 Å². The normalized spacial score (nSPS) is 13.5. The van der Waals surface area contributed by atoms with Crippen LogP contribution in [0.3, 0.4) is 0 Å². The van der Waals surface area contributed by atoms with Crippen LogP contribution in [0.4, 0.5) is 0 Å². The first-order valence-electron chi connectivity index (χ1n) is 3.30. The van der Waals surface area contributed by atoms with Crippen LogP contribution in [0.15, 0.2) is 0 Å². The summed E-state index contributed by atoms with van der Waals surface area (Å²) in [6, 6.07) is 0. The van der Waals surface area contributed by atoms with E-state index in [1.165, 1.54) is 13.8 Å². The van der Waals surface area contributed by atoms with Crippen LogP contribution in [0.2, 0.25) is 0 Å². The van der Waals surface area contributed by atoms with E-state index in [1.807, 2.05) is 0 Å². The third-order valence-corrected chi connectivity index (χ3v) is 2.93. The number of sulfone groups is 1. The standard InChI is InChI=1S/C6H14O4S/c1-6(2,8)5-11(9,10)4-3-7/h7-8H,3-5H2,1-2H3. The van der Waals surface area contributed by atoms with E-state index < -0.39 is 22.0 Å². The van der Waals surface area contributed by atoms with E-state index >= 15 is 0 Å². The van der Waals surface area contributed by atoms with Gasteiger partial charge in [0.25, 0.3) is 0 Å². The Bertz CT molecular complexity index is 199. The zero-order valence-electron chi connectivity index (χ0n) is 6.74. The number of rotatable bonds is 4. The predicted molar refractivity (Wildman–Crippen MR) is 42.0 cm³/mol. The maximum absolute atomic E-state index is 10.9. The van der Waals surface area contributed by atoms with Crippen molar-refractivity contribution in [3.05, 3.63) is 0 Å². The first-order chi connectivity index (χ1) is 4.77. The second-order valence-corrected chi connectivity index (χ2v) is 5.31. The summed E-state index contributed by atoms with van der Waals surface area (Å²) in [5, 5.41) is 17.5. The molecule has 0 aliphatic heterocycles. The monoisotopic (exact) mass is 182 g/mol. The molecule has 0 atom stereocenters. The van der Waals surface area contributed by atoms with Crippen molar-refractivity contribution >= 4 is 9.84 Å². The Morgan fingerprint density at radius 1 is 1.36 bits per heavy atom. The number of hydrogen-bond donors (Lipinski definition) is 2. The minimum absolute atomic E-state index is 0.281. The van der Waals surface area contributed by atoms with E-state index in [-0.39, 0.29) is 11.5 Å². The highest BCUT2D eigenvalue weighted by Crippen LogP contribution is 2.05. The van der Waals surface area contributed by atoms with Crippen molar-refractivity contribution in [3.8, 4) is 0 Å². The minimum atomic E-state index is -3.29. The van der Waals surface area contributed by atoms with Crippen molar-refractivity contribution in [1.29, 1.82) is 0 Å². The van der Waals surface area contributed by atoms with Crippen LogP contribution >= 0.6 is 0 Å². The van der Waals surface area contributed by atoms with Crippen molar-refractivity contribution < 1.29 is 18.6 Å². The average Bonchev–Trinajstić information content (AvgIpc) is 1.55. The van der Waals surface area contributed by atoms with E-state index in [1.54, 1.807) is 0 Å². The molecule has 0 aromatic rings. The molecule has 0 saturated carbocycles. The molecule has 11 heavy (non-hydrogen) atoms. The molecule has 0 rings (SSSR count). The lowest BCUT2D eigenvalue weighted by Crippen LogP contribution is -2.32. The van der Waals surface area contributed by atoms with Gasteiger partial charge in [0.05, 0.1) is 23.7 Å². The first-order valence-corrected chi connectivity index (χ1v) is 5.13. The Hall–Kier alpha value is -0.130. The second-order valence-electron chi connectivity index (χ2n) is 3.13. The number of aliphatic hydroxyl groups excluding tert-OH is 1. The van der Waals surface area contributed by atoms with E-state index in [9.17, 15) is 8.42 Å². The summed E-state index contributed by atoms with van der Waals surface area (Å²) in [5.41, 5.74) is -1.21. The lowest BCUT2D eigenvalue weighted by molar-refractivity contribution is 0.105. The van der Waals surface area contributed by atoms with Gasteiger partial charge in [-0.15, -0.1) is 0 Å². The van der Waals surface area contributed by atoms with Crippen molar-refractivity contribution in [3.63, 3.8) is 0 Å². The molecule has 0 spiro atoms. The summed E-state index contributed by atoms with van der Waals surface area (Å²) in [7, 11) is -3.29. The Kier molecular flexibility index (Phi) is 3.47. The van der Waals surface area contributed by atoms with Crippen molar-refractivity contribution in [2.45, 2.75) is 19.4 Å². The molecule has 2 N–H and O–H groups in total. The van der Waals surface area contributed by atoms with E-state index in [2.05, 4.69) is 0 Å². The maximum Gasteiger partial charge on any atom is 0.155 e. The van der Waals surface area contributed by atoms with Gasteiger partial charge in [-0.2, -0.15) is 0 Å². The largest absolute Gasteiger partial charge is 0.395 e. The zero-order valence-corrected chi connectivity index (χ0v) is 7.56. The first kappa shape index (κ1) is 10.9. The highest BCUT2D eigenvalue weighted by atomic mass is 32.2. The molecule has 0 aromatic carbocycles. The van der Waals surface area contributed by atoms with Crippen LogP contribution in [0.5, 0.6) is 0 Å². The van der Waals surface area contributed by atoms with Gasteiger partial charge in [0.1, 0.15) is 0 Å². The molecule has 0 amide bonds. The van der Waals surface area contributed by atoms with Crippen LogP contribution < -0.4 is 0 Å². The predicted octanol–water partition coefficient (Wildman–Crippen LogP) is -0.836. The highest BCUT2D eigenvalue weighted by Gasteiger charge is 2.22. The van der Waals surface area contributed by atoms with Crippen LogP contribution in [0, 0.1) is 0 Å². The van der Waals surface area contributed by atoms with Gasteiger partial charge in [-0.25, -0.2) is 8.42 Å². The molecule has 0 fully saturated rings. The fourth-order valence-electron chi connectivity index (χ4n) is 0.749. The Morgan fingerprint density at radius 3 is 2.09 bits per heavy atom. The molecule has 0 bridgehead atoms. The van der Waals surface area contributed by atoms with Gasteiger partial charge in [0.2, 0.25) is 0 Å². The molecule has 68 valence electrons. The molecular formula is C6H14O4S. The molecule has 0 unspecified atom stereocenters. The summed E-state index contributed by atoms with van der Waals surface area (Å²) in [6.45, 7) is 2.45. The van der Waals surface area contributed by atoms with Gasteiger partial charge >= 0.3 is 0 Å². The minimum Gasteiger partial charge on any atom is -0.395 e. The van der Waals surface area contributed by atoms with Crippen molar-refractivity contribution in [2.75, 3.05) is 18.1 Å². The maximum atomic E-state index is 10.9. The van der Waals surface area contributed by atoms with E-state index in [0.29, 0.717) is 0 Å². The summed E-state index contributed by atoms with van der Waals surface area (Å²) >= 11 is 0. The quantitative estimate of drug-likeness (QED) is 0.594. The zero-order chi connectivity index (χ0) is 9.12. The molecule has 0 heterocycles. The Morgan fingerprint density at radius 2 is 1.82 bits per heavy atom. The molecular weight excluding hydrogens is 168 g/mol. The lowest BCUT2D eigenvalue weighted by atomic mass is 10.2. The summed E-state index contributed by atoms with van der Waals surface area (Å²) < 4.78 is 21.9. The van der Waals surface area contributed by atoms with Gasteiger partial charge in [0.15, 0.2) is 9.84 Å². The molecule has 0 saturated heterocycles. The second kappa shape index (κ2) is 3.51. The van der Waals surface area contributed by atoms with Crippen LogP contribution in [0.25, 0.3) is 0 Å². The average molecular weight is 182 g/mol. The Labute approximate surface area is 66.8 Å². The fourth-order valence-corrected chi connectivity index (χ4v) is 2.25. The molecule has 0 aromatic heterocycles. The SMILES string of the molecule is CC(C)(O)CS(=O)(=O)CCO. The summed E-state index contributed by atoms with van der Waals surface area (Å²) in [5.74, 6) is -0.586. The topological polar surface area (TPSA) is 74.6 Å². The lowest BCUT2D eigenvalue weighted by Gasteiger charge is -2.16.